The molecule has 0 aliphatic rings. The summed E-state index contributed by atoms with van der Waals surface area (Å²) < 4.78 is 59.2. The summed E-state index contributed by atoms with van der Waals surface area (Å²) in [6.07, 6.45) is 4.77. The molecule has 0 rings (SSSR count). The third-order valence-corrected chi connectivity index (χ3v) is 5.28. The smallest absolute Gasteiger partial charge is 0.305 e. The lowest BCUT2D eigenvalue weighted by Gasteiger charge is -2.09. The van der Waals surface area contributed by atoms with Crippen LogP contribution in [0.25, 0.3) is 0 Å². The Morgan fingerprint density at radius 2 is 0.659 bits per heavy atom. The van der Waals surface area contributed by atoms with Crippen molar-refractivity contribution in [1.29, 1.82) is 0 Å². The fourth-order valence-electron chi connectivity index (χ4n) is 3.11. The van der Waals surface area contributed by atoms with E-state index in [0.29, 0.717) is 139 Å². The van der Waals surface area contributed by atoms with Crippen LogP contribution in [0.4, 0.5) is 0 Å². The van der Waals surface area contributed by atoms with Crippen LogP contribution in [0, 0.1) is 0 Å². The van der Waals surface area contributed by atoms with Gasteiger partial charge in [-0.25, -0.2) is 0 Å². The van der Waals surface area contributed by atoms with Crippen LogP contribution in [0.2, 0.25) is 0 Å². The summed E-state index contributed by atoms with van der Waals surface area (Å²) in [6, 6.07) is 0. The maximum Gasteiger partial charge on any atom is 0.305 e. The number of ether oxygens (including phenoxy) is 11. The predicted molar refractivity (Wildman–Crippen MR) is 154 cm³/mol. The molecule has 0 N–H and O–H groups in total. The number of carbonyl (C=O) groups is 1. The first-order valence-corrected chi connectivity index (χ1v) is 15.2. The maximum absolute atomic E-state index is 11.5. The molecular formula is C29H58O12. The van der Waals surface area contributed by atoms with Crippen LogP contribution in [0.3, 0.4) is 0 Å². The molecule has 0 atom stereocenters. The lowest BCUT2D eigenvalue weighted by molar-refractivity contribution is -0.145. The molecule has 0 amide bonds. The molecule has 0 aromatic heterocycles. The van der Waals surface area contributed by atoms with E-state index in [2.05, 4.69) is 6.92 Å². The van der Waals surface area contributed by atoms with Crippen molar-refractivity contribution >= 4 is 5.97 Å². The minimum absolute atomic E-state index is 0.150. The van der Waals surface area contributed by atoms with E-state index < -0.39 is 0 Å². The molecule has 246 valence electrons. The quantitative estimate of drug-likeness (QED) is 0.0779. The predicted octanol–water partition coefficient (Wildman–Crippen LogP) is 2.69. The van der Waals surface area contributed by atoms with Gasteiger partial charge >= 0.3 is 5.97 Å². The van der Waals surface area contributed by atoms with Gasteiger partial charge in [-0.15, -0.1) is 0 Å². The fourth-order valence-corrected chi connectivity index (χ4v) is 3.11. The summed E-state index contributed by atoms with van der Waals surface area (Å²) in [5.41, 5.74) is 0. The molecule has 41 heavy (non-hydrogen) atoms. The van der Waals surface area contributed by atoms with Crippen LogP contribution in [-0.2, 0) is 56.9 Å². The highest BCUT2D eigenvalue weighted by molar-refractivity contribution is 5.69. The van der Waals surface area contributed by atoms with Crippen molar-refractivity contribution < 1.29 is 56.9 Å². The Morgan fingerprint density at radius 3 is 0.951 bits per heavy atom. The molecule has 0 radical (unpaired) electrons. The molecule has 0 aliphatic carbocycles. The SMILES string of the molecule is CCCCCCC(=O)OCCOCCOCCOCCOCCOCCOCCOCCOCCOCCOCC. The van der Waals surface area contributed by atoms with E-state index in [9.17, 15) is 4.79 Å². The highest BCUT2D eigenvalue weighted by atomic mass is 16.6. The van der Waals surface area contributed by atoms with Crippen LogP contribution < -0.4 is 0 Å². The second kappa shape index (κ2) is 37.1. The molecule has 0 aromatic carbocycles. The normalized spacial score (nSPS) is 11.4. The highest BCUT2D eigenvalue weighted by Crippen LogP contribution is 2.03. The standard InChI is InChI=1S/C29H58O12/c1-3-5-6-7-8-29(30)41-28-27-40-26-25-39-24-23-38-22-21-37-20-19-36-18-17-35-16-15-34-14-13-33-12-11-32-10-9-31-4-2/h3-28H2,1-2H3. The second-order valence-electron chi connectivity index (χ2n) is 8.74. The van der Waals surface area contributed by atoms with E-state index in [1.807, 2.05) is 6.92 Å². The van der Waals surface area contributed by atoms with E-state index in [1.54, 1.807) is 0 Å². The Morgan fingerprint density at radius 1 is 0.366 bits per heavy atom. The lowest BCUT2D eigenvalue weighted by atomic mass is 10.2. The molecule has 12 nitrogen and oxygen atoms in total. The van der Waals surface area contributed by atoms with Crippen molar-refractivity contribution in [1.82, 2.24) is 0 Å². The third kappa shape index (κ3) is 37.0. The Balaban J connectivity index is 3.07. The summed E-state index contributed by atoms with van der Waals surface area (Å²) in [5.74, 6) is -0.150. The molecule has 12 heteroatoms. The first-order chi connectivity index (χ1) is 20.3. The van der Waals surface area contributed by atoms with Crippen LogP contribution in [0.5, 0.6) is 0 Å². The second-order valence-corrected chi connectivity index (χ2v) is 8.74. The zero-order valence-corrected chi connectivity index (χ0v) is 25.8. The van der Waals surface area contributed by atoms with Gasteiger partial charge in [0, 0.05) is 13.0 Å². The number of esters is 1. The molecule has 0 bridgehead atoms. The highest BCUT2D eigenvalue weighted by Gasteiger charge is 2.02. The summed E-state index contributed by atoms with van der Waals surface area (Å²) in [7, 11) is 0. The van der Waals surface area contributed by atoms with Crippen molar-refractivity contribution in [3.63, 3.8) is 0 Å². The third-order valence-electron chi connectivity index (χ3n) is 5.28. The number of rotatable bonds is 36. The molecule has 0 unspecified atom stereocenters. The molecular weight excluding hydrogens is 540 g/mol. The van der Waals surface area contributed by atoms with Crippen LogP contribution >= 0.6 is 0 Å². The summed E-state index contributed by atoms with van der Waals surface area (Å²) in [6.45, 7) is 14.9. The summed E-state index contributed by atoms with van der Waals surface area (Å²) in [4.78, 5) is 11.5. The number of hydrogen-bond donors (Lipinski definition) is 0. The molecule has 0 aliphatic heterocycles. The Kier molecular flexibility index (Phi) is 36.3. The van der Waals surface area contributed by atoms with E-state index in [4.69, 9.17) is 52.1 Å². The minimum Gasteiger partial charge on any atom is -0.463 e. The van der Waals surface area contributed by atoms with E-state index in [1.165, 1.54) is 0 Å². The molecule has 0 aromatic rings. The first kappa shape index (κ1) is 40.1. The topological polar surface area (TPSA) is 119 Å². The van der Waals surface area contributed by atoms with Crippen LogP contribution in [-0.4, -0.2) is 145 Å². The number of hydrogen-bond acceptors (Lipinski definition) is 12. The summed E-state index contributed by atoms with van der Waals surface area (Å²) in [5, 5.41) is 0. The fraction of sp³-hybridized carbons (Fsp3) is 0.966. The van der Waals surface area contributed by atoms with Gasteiger partial charge in [0.1, 0.15) is 6.61 Å². The van der Waals surface area contributed by atoms with Gasteiger partial charge < -0.3 is 52.1 Å². The van der Waals surface area contributed by atoms with Crippen molar-refractivity contribution in [2.24, 2.45) is 0 Å². The zero-order valence-electron chi connectivity index (χ0n) is 25.8. The Labute approximate surface area is 247 Å². The Bertz CT molecular complexity index is 498. The number of unbranched alkanes of at least 4 members (excludes halogenated alkanes) is 3. The minimum atomic E-state index is -0.150. The van der Waals surface area contributed by atoms with Gasteiger partial charge in [-0.1, -0.05) is 26.2 Å². The van der Waals surface area contributed by atoms with Gasteiger partial charge in [-0.05, 0) is 13.3 Å². The van der Waals surface area contributed by atoms with Crippen molar-refractivity contribution in [3.8, 4) is 0 Å². The average molecular weight is 599 g/mol. The van der Waals surface area contributed by atoms with Gasteiger partial charge in [0.05, 0.1) is 126 Å². The lowest BCUT2D eigenvalue weighted by Crippen LogP contribution is -2.15. The first-order valence-electron chi connectivity index (χ1n) is 15.2. The van der Waals surface area contributed by atoms with Crippen molar-refractivity contribution in [2.45, 2.75) is 46.0 Å². The maximum atomic E-state index is 11.5. The molecule has 0 saturated heterocycles. The van der Waals surface area contributed by atoms with E-state index in [0.717, 1.165) is 25.7 Å². The zero-order chi connectivity index (χ0) is 29.7. The Hall–Kier alpha value is -0.930. The van der Waals surface area contributed by atoms with Crippen LogP contribution in [0.1, 0.15) is 46.0 Å². The van der Waals surface area contributed by atoms with Gasteiger partial charge in [0.2, 0.25) is 0 Å². The summed E-state index contributed by atoms with van der Waals surface area (Å²) >= 11 is 0. The molecule has 0 heterocycles. The monoisotopic (exact) mass is 598 g/mol. The van der Waals surface area contributed by atoms with Crippen molar-refractivity contribution in [3.05, 3.63) is 0 Å². The van der Waals surface area contributed by atoms with Gasteiger partial charge in [-0.2, -0.15) is 0 Å². The number of carbonyl (C=O) groups excluding carboxylic acids is 1. The molecule has 0 fully saturated rings. The largest absolute Gasteiger partial charge is 0.463 e. The van der Waals surface area contributed by atoms with E-state index in [-0.39, 0.29) is 12.6 Å². The van der Waals surface area contributed by atoms with Gasteiger partial charge in [0.25, 0.3) is 0 Å². The van der Waals surface area contributed by atoms with Crippen molar-refractivity contribution in [2.75, 3.05) is 139 Å². The van der Waals surface area contributed by atoms with Crippen LogP contribution in [0.15, 0.2) is 0 Å². The molecule has 0 saturated carbocycles. The molecule has 0 spiro atoms. The van der Waals surface area contributed by atoms with Gasteiger partial charge in [-0.3, -0.25) is 4.79 Å². The average Bonchev–Trinajstić information content (AvgIpc) is 2.98. The van der Waals surface area contributed by atoms with Gasteiger partial charge in [0.15, 0.2) is 0 Å². The van der Waals surface area contributed by atoms with E-state index >= 15 is 0 Å².